The zero-order valence-corrected chi connectivity index (χ0v) is 16.0. The van der Waals surface area contributed by atoms with Gasteiger partial charge >= 0.3 is 5.97 Å². The molecule has 0 spiro atoms. The molecule has 0 aromatic heterocycles. The number of fused-ring (bicyclic) bond motifs is 1. The Bertz CT molecular complexity index is 883. The normalized spacial score (nSPS) is 18.9. The van der Waals surface area contributed by atoms with Crippen LogP contribution in [0.2, 0.25) is 5.02 Å². The summed E-state index contributed by atoms with van der Waals surface area (Å²) < 4.78 is 16.5. The van der Waals surface area contributed by atoms with E-state index in [0.29, 0.717) is 22.7 Å². The van der Waals surface area contributed by atoms with Crippen LogP contribution in [0.5, 0.6) is 5.75 Å². The maximum absolute atomic E-state index is 12.5. The number of esters is 1. The van der Waals surface area contributed by atoms with Crippen LogP contribution in [0.25, 0.3) is 0 Å². The van der Waals surface area contributed by atoms with E-state index in [4.69, 9.17) is 25.8 Å². The molecule has 2 atom stereocenters. The number of rotatable bonds is 4. The Labute approximate surface area is 162 Å². The fraction of sp³-hybridized carbons (Fsp3) is 0.300. The SMILES string of the molecule is CCc1c(OC)cccc1[C@H]1O[C@H](OC(C)=O)C(=O)Nc2ccc(Cl)cc21. The third-order valence-corrected chi connectivity index (χ3v) is 4.56. The second-order valence-corrected chi connectivity index (χ2v) is 6.50. The second kappa shape index (κ2) is 7.98. The van der Waals surface area contributed by atoms with Crippen LogP contribution >= 0.6 is 11.6 Å². The summed E-state index contributed by atoms with van der Waals surface area (Å²) in [5.41, 5.74) is 2.98. The summed E-state index contributed by atoms with van der Waals surface area (Å²) in [6.07, 6.45) is -1.36. The standard InChI is InChI=1S/C20H20ClNO5/c1-4-13-14(6-5-7-17(13)25-3)18-15-10-12(21)8-9-16(15)22-19(24)20(27-18)26-11(2)23/h5-10,18,20H,4H2,1-3H3,(H,22,24)/t18-,20+/m1/s1. The highest BCUT2D eigenvalue weighted by Gasteiger charge is 2.35. The summed E-state index contributed by atoms with van der Waals surface area (Å²) in [6.45, 7) is 3.23. The molecule has 0 radical (unpaired) electrons. The van der Waals surface area contributed by atoms with Crippen LogP contribution in [0.15, 0.2) is 36.4 Å². The van der Waals surface area contributed by atoms with Gasteiger partial charge in [0, 0.05) is 23.2 Å². The monoisotopic (exact) mass is 389 g/mol. The van der Waals surface area contributed by atoms with Crippen LogP contribution in [0.3, 0.4) is 0 Å². The Hall–Kier alpha value is -2.57. The summed E-state index contributed by atoms with van der Waals surface area (Å²) in [5.74, 6) is -0.453. The molecule has 1 aliphatic heterocycles. The van der Waals surface area contributed by atoms with Gasteiger partial charge in [0.1, 0.15) is 11.9 Å². The first-order valence-corrected chi connectivity index (χ1v) is 8.91. The molecule has 3 rings (SSSR count). The smallest absolute Gasteiger partial charge is 0.305 e. The molecule has 6 nitrogen and oxygen atoms in total. The van der Waals surface area contributed by atoms with E-state index in [1.54, 1.807) is 25.3 Å². The minimum Gasteiger partial charge on any atom is -0.496 e. The Morgan fingerprint density at radius 1 is 1.26 bits per heavy atom. The van der Waals surface area contributed by atoms with Crippen molar-refractivity contribution in [2.45, 2.75) is 32.7 Å². The minimum absolute atomic E-state index is 0.503. The van der Waals surface area contributed by atoms with E-state index in [2.05, 4.69) is 5.32 Å². The van der Waals surface area contributed by atoms with Crippen LogP contribution in [-0.2, 0) is 25.5 Å². The molecule has 0 saturated carbocycles. The minimum atomic E-state index is -1.38. The van der Waals surface area contributed by atoms with Gasteiger partial charge in [0.2, 0.25) is 0 Å². The fourth-order valence-corrected chi connectivity index (χ4v) is 3.37. The molecule has 7 heteroatoms. The first-order chi connectivity index (χ1) is 12.9. The molecule has 1 heterocycles. The lowest BCUT2D eigenvalue weighted by molar-refractivity contribution is -0.187. The van der Waals surface area contributed by atoms with Gasteiger partial charge in [-0.05, 0) is 41.8 Å². The number of carbonyl (C=O) groups is 2. The average Bonchev–Trinajstić information content (AvgIpc) is 2.77. The maximum Gasteiger partial charge on any atom is 0.305 e. The summed E-state index contributed by atoms with van der Waals surface area (Å²) >= 11 is 6.19. The number of hydrogen-bond donors (Lipinski definition) is 1. The zero-order valence-electron chi connectivity index (χ0n) is 15.2. The van der Waals surface area contributed by atoms with Crippen molar-refractivity contribution in [3.8, 4) is 5.75 Å². The van der Waals surface area contributed by atoms with Crippen molar-refractivity contribution in [2.24, 2.45) is 0 Å². The van der Waals surface area contributed by atoms with E-state index in [-0.39, 0.29) is 0 Å². The van der Waals surface area contributed by atoms with Crippen LogP contribution < -0.4 is 10.1 Å². The molecular formula is C20H20ClNO5. The van der Waals surface area contributed by atoms with Gasteiger partial charge < -0.3 is 19.5 Å². The number of hydrogen-bond acceptors (Lipinski definition) is 5. The number of amides is 1. The lowest BCUT2D eigenvalue weighted by Crippen LogP contribution is -2.33. The number of halogens is 1. The maximum atomic E-state index is 12.5. The Morgan fingerprint density at radius 2 is 2.04 bits per heavy atom. The lowest BCUT2D eigenvalue weighted by atomic mass is 9.93. The van der Waals surface area contributed by atoms with Crippen molar-refractivity contribution < 1.29 is 23.8 Å². The molecule has 142 valence electrons. The summed E-state index contributed by atoms with van der Waals surface area (Å²) in [6, 6.07) is 10.7. The van der Waals surface area contributed by atoms with Gasteiger partial charge in [-0.3, -0.25) is 9.59 Å². The topological polar surface area (TPSA) is 73.9 Å². The molecule has 2 aromatic carbocycles. The molecule has 1 aliphatic rings. The van der Waals surface area contributed by atoms with Crippen molar-refractivity contribution in [3.05, 3.63) is 58.1 Å². The fourth-order valence-electron chi connectivity index (χ4n) is 3.19. The number of carbonyl (C=O) groups excluding carboxylic acids is 2. The van der Waals surface area contributed by atoms with Gasteiger partial charge in [0.05, 0.1) is 7.11 Å². The first kappa shape index (κ1) is 19.2. The largest absolute Gasteiger partial charge is 0.496 e. The third-order valence-electron chi connectivity index (χ3n) is 4.33. The summed E-state index contributed by atoms with van der Waals surface area (Å²) in [5, 5.41) is 3.24. The van der Waals surface area contributed by atoms with Gasteiger partial charge in [0.25, 0.3) is 12.2 Å². The molecule has 2 aromatic rings. The number of anilines is 1. The first-order valence-electron chi connectivity index (χ1n) is 8.53. The van der Waals surface area contributed by atoms with Gasteiger partial charge in [-0.2, -0.15) is 0 Å². The lowest BCUT2D eigenvalue weighted by Gasteiger charge is -2.24. The van der Waals surface area contributed by atoms with Crippen molar-refractivity contribution in [1.29, 1.82) is 0 Å². The molecule has 0 unspecified atom stereocenters. The van der Waals surface area contributed by atoms with Gasteiger partial charge in [0.15, 0.2) is 0 Å². The second-order valence-electron chi connectivity index (χ2n) is 6.06. The van der Waals surface area contributed by atoms with E-state index >= 15 is 0 Å². The molecule has 1 N–H and O–H groups in total. The molecule has 0 saturated heterocycles. The summed E-state index contributed by atoms with van der Waals surface area (Å²) in [7, 11) is 1.60. The molecule has 27 heavy (non-hydrogen) atoms. The van der Waals surface area contributed by atoms with E-state index < -0.39 is 24.3 Å². The average molecular weight is 390 g/mol. The van der Waals surface area contributed by atoms with E-state index in [1.165, 1.54) is 6.92 Å². The molecule has 1 amide bonds. The Morgan fingerprint density at radius 3 is 2.70 bits per heavy atom. The van der Waals surface area contributed by atoms with Crippen molar-refractivity contribution in [1.82, 2.24) is 0 Å². The highest BCUT2D eigenvalue weighted by molar-refractivity contribution is 6.30. The van der Waals surface area contributed by atoms with E-state index in [1.807, 2.05) is 25.1 Å². The van der Waals surface area contributed by atoms with E-state index in [0.717, 1.165) is 16.9 Å². The summed E-state index contributed by atoms with van der Waals surface area (Å²) in [4.78, 5) is 23.9. The Balaban J connectivity index is 2.18. The van der Waals surface area contributed by atoms with Gasteiger partial charge in [-0.1, -0.05) is 30.7 Å². The molecule has 0 fully saturated rings. The van der Waals surface area contributed by atoms with Crippen LogP contribution in [-0.4, -0.2) is 25.3 Å². The zero-order chi connectivity index (χ0) is 19.6. The predicted octanol–water partition coefficient (Wildman–Crippen LogP) is 3.86. The molecular weight excluding hydrogens is 370 g/mol. The number of methoxy groups -OCH3 is 1. The highest BCUT2D eigenvalue weighted by Crippen LogP contribution is 2.40. The number of nitrogens with one attached hydrogen (secondary N) is 1. The van der Waals surface area contributed by atoms with Crippen LogP contribution in [0, 0.1) is 0 Å². The molecule has 0 aliphatic carbocycles. The van der Waals surface area contributed by atoms with Gasteiger partial charge in [-0.15, -0.1) is 0 Å². The van der Waals surface area contributed by atoms with Crippen LogP contribution in [0.4, 0.5) is 5.69 Å². The van der Waals surface area contributed by atoms with Crippen molar-refractivity contribution in [3.63, 3.8) is 0 Å². The van der Waals surface area contributed by atoms with Gasteiger partial charge in [-0.25, -0.2) is 0 Å². The number of ether oxygens (including phenoxy) is 3. The predicted molar refractivity (Wildman–Crippen MR) is 101 cm³/mol. The van der Waals surface area contributed by atoms with Crippen molar-refractivity contribution in [2.75, 3.05) is 12.4 Å². The quantitative estimate of drug-likeness (QED) is 0.804. The Kier molecular flexibility index (Phi) is 5.68. The van der Waals surface area contributed by atoms with Crippen LogP contribution in [0.1, 0.15) is 36.6 Å². The highest BCUT2D eigenvalue weighted by atomic mass is 35.5. The molecule has 0 bridgehead atoms. The third kappa shape index (κ3) is 3.91. The van der Waals surface area contributed by atoms with Crippen molar-refractivity contribution >= 4 is 29.2 Å². The number of benzene rings is 2. The van der Waals surface area contributed by atoms with E-state index in [9.17, 15) is 9.59 Å².